The Morgan fingerprint density at radius 3 is 2.75 bits per heavy atom. The third-order valence-electron chi connectivity index (χ3n) is 4.31. The Morgan fingerprint density at radius 1 is 1.44 bits per heavy atom. The second-order valence-corrected chi connectivity index (χ2v) is 5.89. The summed E-state index contributed by atoms with van der Waals surface area (Å²) in [5, 5.41) is 19.3. The number of rotatable bonds is 0. The van der Waals surface area contributed by atoms with Crippen LogP contribution in [-0.4, -0.2) is 18.3 Å². The van der Waals surface area contributed by atoms with Gasteiger partial charge >= 0.3 is 0 Å². The summed E-state index contributed by atoms with van der Waals surface area (Å²) in [7, 11) is 0. The standard InChI is InChI=1S/C13H19NO2/c1-12(2)10-4-5-16-8-13(10,3)6-9(7-14)11(12)15/h10,15H,4-6,8H2,1-3H3/t10?,13-/m1/s1. The van der Waals surface area contributed by atoms with Crippen molar-refractivity contribution in [2.75, 3.05) is 13.2 Å². The monoisotopic (exact) mass is 221 g/mol. The highest BCUT2D eigenvalue weighted by atomic mass is 16.5. The van der Waals surface area contributed by atoms with Crippen molar-refractivity contribution in [2.45, 2.75) is 33.6 Å². The van der Waals surface area contributed by atoms with Crippen LogP contribution in [0.2, 0.25) is 0 Å². The first-order valence-electron chi connectivity index (χ1n) is 5.82. The summed E-state index contributed by atoms with van der Waals surface area (Å²) in [5.74, 6) is 0.685. The van der Waals surface area contributed by atoms with Crippen molar-refractivity contribution in [3.63, 3.8) is 0 Å². The molecule has 2 rings (SSSR count). The maximum absolute atomic E-state index is 10.2. The number of hydrogen-bond acceptors (Lipinski definition) is 3. The Hall–Kier alpha value is -1.01. The largest absolute Gasteiger partial charge is 0.511 e. The molecule has 0 aromatic carbocycles. The van der Waals surface area contributed by atoms with Crippen LogP contribution >= 0.6 is 0 Å². The first kappa shape index (κ1) is 11.5. The molecule has 0 bridgehead atoms. The molecule has 0 aromatic heterocycles. The summed E-state index contributed by atoms with van der Waals surface area (Å²) in [6, 6.07) is 2.14. The van der Waals surface area contributed by atoms with Gasteiger partial charge in [0.15, 0.2) is 0 Å². The molecule has 0 aromatic rings. The smallest absolute Gasteiger partial charge is 0.112 e. The molecule has 0 amide bonds. The molecule has 1 aliphatic heterocycles. The zero-order valence-electron chi connectivity index (χ0n) is 10.2. The van der Waals surface area contributed by atoms with Crippen molar-refractivity contribution in [3.8, 4) is 6.07 Å². The molecule has 1 aliphatic carbocycles. The van der Waals surface area contributed by atoms with Crippen molar-refractivity contribution < 1.29 is 9.84 Å². The highest BCUT2D eigenvalue weighted by Gasteiger charge is 2.52. The van der Waals surface area contributed by atoms with E-state index in [1.54, 1.807) is 0 Å². The Balaban J connectivity index is 2.48. The molecule has 3 heteroatoms. The molecule has 1 fully saturated rings. The van der Waals surface area contributed by atoms with Crippen molar-refractivity contribution in [2.24, 2.45) is 16.7 Å². The summed E-state index contributed by atoms with van der Waals surface area (Å²) in [5.41, 5.74) is 0.232. The van der Waals surface area contributed by atoms with Crippen LogP contribution in [0.1, 0.15) is 33.6 Å². The van der Waals surface area contributed by atoms with E-state index in [0.29, 0.717) is 30.3 Å². The minimum atomic E-state index is -0.304. The fourth-order valence-electron chi connectivity index (χ4n) is 3.50. The number of fused-ring (bicyclic) bond motifs is 1. The number of nitriles is 1. The van der Waals surface area contributed by atoms with E-state index in [9.17, 15) is 5.11 Å². The van der Waals surface area contributed by atoms with Gasteiger partial charge in [-0.15, -0.1) is 0 Å². The van der Waals surface area contributed by atoms with Gasteiger partial charge < -0.3 is 9.84 Å². The Kier molecular flexibility index (Phi) is 2.51. The lowest BCUT2D eigenvalue weighted by atomic mass is 9.55. The summed E-state index contributed by atoms with van der Waals surface area (Å²) >= 11 is 0. The number of ether oxygens (including phenoxy) is 1. The SMILES string of the molecule is CC1(C)C(O)=C(C#N)C[C@]2(C)COCCC12. The minimum absolute atomic E-state index is 0.000949. The fraction of sp³-hybridized carbons (Fsp3) is 0.769. The molecule has 16 heavy (non-hydrogen) atoms. The van der Waals surface area contributed by atoms with E-state index >= 15 is 0 Å². The molecule has 1 unspecified atom stereocenters. The summed E-state index contributed by atoms with van der Waals surface area (Å²) in [4.78, 5) is 0. The van der Waals surface area contributed by atoms with Gasteiger partial charge in [-0.1, -0.05) is 20.8 Å². The van der Waals surface area contributed by atoms with E-state index < -0.39 is 0 Å². The average molecular weight is 221 g/mol. The third-order valence-corrected chi connectivity index (χ3v) is 4.31. The van der Waals surface area contributed by atoms with Gasteiger partial charge in [-0.2, -0.15) is 5.26 Å². The van der Waals surface area contributed by atoms with E-state index in [0.717, 1.165) is 13.0 Å². The van der Waals surface area contributed by atoms with Gasteiger partial charge in [0.05, 0.1) is 18.2 Å². The molecule has 88 valence electrons. The third kappa shape index (κ3) is 1.44. The predicted octanol–water partition coefficient (Wildman–Crippen LogP) is 2.79. The van der Waals surface area contributed by atoms with Crippen LogP contribution in [0.15, 0.2) is 11.3 Å². The lowest BCUT2D eigenvalue weighted by molar-refractivity contribution is -0.0926. The van der Waals surface area contributed by atoms with Crippen LogP contribution in [0.4, 0.5) is 0 Å². The van der Waals surface area contributed by atoms with Gasteiger partial charge in [0.25, 0.3) is 0 Å². The van der Waals surface area contributed by atoms with Gasteiger partial charge in [0.1, 0.15) is 5.76 Å². The van der Waals surface area contributed by atoms with Crippen molar-refractivity contribution in [1.29, 1.82) is 5.26 Å². The molecule has 1 heterocycles. The maximum Gasteiger partial charge on any atom is 0.112 e. The number of nitrogens with zero attached hydrogens (tertiary/aromatic N) is 1. The first-order valence-corrected chi connectivity index (χ1v) is 5.82. The van der Waals surface area contributed by atoms with E-state index in [1.165, 1.54) is 0 Å². The maximum atomic E-state index is 10.2. The predicted molar refractivity (Wildman–Crippen MR) is 60.7 cm³/mol. The van der Waals surface area contributed by atoms with E-state index in [-0.39, 0.29) is 10.8 Å². The molecule has 0 radical (unpaired) electrons. The topological polar surface area (TPSA) is 53.2 Å². The molecule has 0 spiro atoms. The molecule has 1 N–H and O–H groups in total. The minimum Gasteiger partial charge on any atom is -0.511 e. The van der Waals surface area contributed by atoms with E-state index in [1.807, 2.05) is 13.8 Å². The molecule has 3 nitrogen and oxygen atoms in total. The lowest BCUT2D eigenvalue weighted by Gasteiger charge is -2.52. The normalized spacial score (nSPS) is 37.8. The van der Waals surface area contributed by atoms with Gasteiger partial charge in [-0.25, -0.2) is 0 Å². The van der Waals surface area contributed by atoms with Crippen LogP contribution in [0, 0.1) is 28.1 Å². The molecule has 2 atom stereocenters. The molecule has 1 saturated heterocycles. The quantitative estimate of drug-likeness (QED) is 0.684. The second kappa shape index (κ2) is 3.49. The number of hydrogen-bond donors (Lipinski definition) is 1. The number of aliphatic hydroxyl groups excluding tert-OH is 1. The van der Waals surface area contributed by atoms with Gasteiger partial charge in [-0.3, -0.25) is 0 Å². The van der Waals surface area contributed by atoms with Crippen LogP contribution < -0.4 is 0 Å². The van der Waals surface area contributed by atoms with E-state index in [2.05, 4.69) is 13.0 Å². The summed E-state index contributed by atoms with van der Waals surface area (Å²) < 4.78 is 5.55. The summed E-state index contributed by atoms with van der Waals surface area (Å²) in [6.07, 6.45) is 1.61. The lowest BCUT2D eigenvalue weighted by Crippen LogP contribution is -2.49. The molecular formula is C13H19NO2. The zero-order chi connectivity index (χ0) is 12.0. The summed E-state index contributed by atoms with van der Waals surface area (Å²) in [6.45, 7) is 7.70. The van der Waals surface area contributed by atoms with Crippen LogP contribution in [0.25, 0.3) is 0 Å². The van der Waals surface area contributed by atoms with Crippen molar-refractivity contribution >= 4 is 0 Å². The average Bonchev–Trinajstić information content (AvgIpc) is 2.24. The van der Waals surface area contributed by atoms with Crippen LogP contribution in [-0.2, 0) is 4.74 Å². The second-order valence-electron chi connectivity index (χ2n) is 5.89. The zero-order valence-corrected chi connectivity index (χ0v) is 10.2. The molecule has 2 aliphatic rings. The van der Waals surface area contributed by atoms with Gasteiger partial charge in [0, 0.05) is 12.0 Å². The van der Waals surface area contributed by atoms with Crippen molar-refractivity contribution in [3.05, 3.63) is 11.3 Å². The van der Waals surface area contributed by atoms with Crippen LogP contribution in [0.5, 0.6) is 0 Å². The molecular weight excluding hydrogens is 202 g/mol. The van der Waals surface area contributed by atoms with Crippen molar-refractivity contribution in [1.82, 2.24) is 0 Å². The fourth-order valence-corrected chi connectivity index (χ4v) is 3.50. The molecule has 0 saturated carbocycles. The van der Waals surface area contributed by atoms with Gasteiger partial charge in [-0.05, 0) is 24.2 Å². The Morgan fingerprint density at radius 2 is 2.12 bits per heavy atom. The first-order chi connectivity index (χ1) is 7.42. The van der Waals surface area contributed by atoms with Gasteiger partial charge in [0.2, 0.25) is 0 Å². The number of allylic oxidation sites excluding steroid dienone is 2. The van der Waals surface area contributed by atoms with Crippen LogP contribution in [0.3, 0.4) is 0 Å². The number of aliphatic hydroxyl groups is 1. The Labute approximate surface area is 96.7 Å². The van der Waals surface area contributed by atoms with E-state index in [4.69, 9.17) is 10.00 Å². The Bertz CT molecular complexity index is 378. The highest BCUT2D eigenvalue weighted by Crippen LogP contribution is 2.55. The highest BCUT2D eigenvalue weighted by molar-refractivity contribution is 5.33.